The number of ketones is 1. The smallest absolute Gasteiger partial charge is 0.314 e. The minimum atomic E-state index is -1.24. The van der Waals surface area contributed by atoms with Gasteiger partial charge >= 0.3 is 5.97 Å². The molecular weight excluding hydrogens is 458 g/mol. The molecule has 0 aromatic carbocycles. The minimum absolute atomic E-state index is 0.00507. The van der Waals surface area contributed by atoms with E-state index in [4.69, 9.17) is 4.98 Å². The number of amidine groups is 1. The Morgan fingerprint density at radius 2 is 2.00 bits per heavy atom. The van der Waals surface area contributed by atoms with E-state index in [1.165, 1.54) is 6.92 Å². The summed E-state index contributed by atoms with van der Waals surface area (Å²) in [5.74, 6) is 1.38. The third-order valence-electron chi connectivity index (χ3n) is 6.01. The number of pyridine rings is 1. The van der Waals surface area contributed by atoms with Crippen LogP contribution in [-0.4, -0.2) is 52.7 Å². The number of carbonyl (C=O) groups is 3. The number of aliphatic imine (C=N–C) groups is 1. The average Bonchev–Trinajstić information content (AvgIpc) is 2.84. The molecule has 1 aromatic rings. The van der Waals surface area contributed by atoms with Gasteiger partial charge in [0.25, 0.3) is 0 Å². The zero-order valence-electron chi connectivity index (χ0n) is 22.0. The van der Waals surface area contributed by atoms with Gasteiger partial charge in [-0.3, -0.25) is 14.4 Å². The fourth-order valence-electron chi connectivity index (χ4n) is 3.68. The summed E-state index contributed by atoms with van der Waals surface area (Å²) in [6.07, 6.45) is 5.52. The number of Topliss-reactive ketones (excluding diaryl/α,β-unsaturated/α-hetero) is 1. The molecule has 2 unspecified atom stereocenters. The van der Waals surface area contributed by atoms with Gasteiger partial charge < -0.3 is 15.3 Å². The molecule has 2 N–H and O–H groups in total. The van der Waals surface area contributed by atoms with E-state index in [2.05, 4.69) is 22.3 Å². The van der Waals surface area contributed by atoms with E-state index in [-0.39, 0.29) is 29.2 Å². The van der Waals surface area contributed by atoms with Crippen LogP contribution in [-0.2, 0) is 9.59 Å². The zero-order chi connectivity index (χ0) is 26.8. The van der Waals surface area contributed by atoms with Crippen LogP contribution in [0.25, 0.3) is 0 Å². The number of rotatable bonds is 11. The highest BCUT2D eigenvalue weighted by molar-refractivity contribution is 6.13. The van der Waals surface area contributed by atoms with Gasteiger partial charge in [-0.2, -0.15) is 0 Å². The SMILES string of the molecule is CC#CN(C(=N/C=C\C)C(C)CC)c1nc(N2CC(NC(=O)CCC)C2)ccc1C(=O)C(C)C(=O)O. The van der Waals surface area contributed by atoms with Crippen LogP contribution >= 0.6 is 0 Å². The van der Waals surface area contributed by atoms with Crippen LogP contribution in [0.1, 0.15) is 71.2 Å². The van der Waals surface area contributed by atoms with E-state index in [0.29, 0.717) is 31.2 Å². The highest BCUT2D eigenvalue weighted by Gasteiger charge is 2.33. The third-order valence-corrected chi connectivity index (χ3v) is 6.01. The lowest BCUT2D eigenvalue weighted by Crippen LogP contribution is -2.59. The van der Waals surface area contributed by atoms with Crippen molar-refractivity contribution in [2.45, 2.75) is 66.8 Å². The summed E-state index contributed by atoms with van der Waals surface area (Å²) in [5, 5.41) is 12.5. The number of allylic oxidation sites excluding steroid dienone is 1. The van der Waals surface area contributed by atoms with Gasteiger partial charge in [0.15, 0.2) is 11.6 Å². The maximum atomic E-state index is 13.2. The second-order valence-corrected chi connectivity index (χ2v) is 8.86. The molecule has 1 aromatic heterocycles. The molecule has 0 radical (unpaired) electrons. The molecule has 0 spiro atoms. The Morgan fingerprint density at radius 3 is 2.56 bits per heavy atom. The summed E-state index contributed by atoms with van der Waals surface area (Å²) in [5.41, 5.74) is 0.168. The van der Waals surface area contributed by atoms with Crippen LogP contribution in [0.3, 0.4) is 0 Å². The van der Waals surface area contributed by atoms with Crippen LogP contribution in [0.2, 0.25) is 0 Å². The van der Waals surface area contributed by atoms with Crippen molar-refractivity contribution in [3.05, 3.63) is 30.0 Å². The van der Waals surface area contributed by atoms with Gasteiger partial charge in [-0.1, -0.05) is 32.8 Å². The molecular formula is C27H37N5O4. The fourth-order valence-corrected chi connectivity index (χ4v) is 3.68. The number of nitrogens with one attached hydrogen (secondary N) is 1. The number of amides is 1. The molecule has 1 aliphatic heterocycles. The number of nitrogens with zero attached hydrogens (tertiary/aromatic N) is 4. The van der Waals surface area contributed by atoms with Crippen LogP contribution in [0.5, 0.6) is 0 Å². The van der Waals surface area contributed by atoms with Gasteiger partial charge in [0.1, 0.15) is 17.6 Å². The fraction of sp³-hybridized carbons (Fsp3) is 0.519. The van der Waals surface area contributed by atoms with E-state index >= 15 is 0 Å². The molecule has 0 aliphatic carbocycles. The number of hydrogen-bond donors (Lipinski definition) is 2. The number of anilines is 2. The first kappa shape index (κ1) is 28.6. The normalized spacial score (nSPS) is 15.5. The van der Waals surface area contributed by atoms with Crippen molar-refractivity contribution >= 4 is 35.1 Å². The zero-order valence-corrected chi connectivity index (χ0v) is 22.0. The number of aliphatic carboxylic acids is 1. The molecule has 2 atom stereocenters. The molecule has 1 fully saturated rings. The van der Waals surface area contributed by atoms with E-state index in [0.717, 1.165) is 12.8 Å². The average molecular weight is 496 g/mol. The lowest BCUT2D eigenvalue weighted by atomic mass is 9.98. The quantitative estimate of drug-likeness (QED) is 0.120. The van der Waals surface area contributed by atoms with E-state index in [1.807, 2.05) is 32.6 Å². The van der Waals surface area contributed by atoms with Crippen molar-refractivity contribution in [1.29, 1.82) is 0 Å². The van der Waals surface area contributed by atoms with Crippen molar-refractivity contribution < 1.29 is 19.5 Å². The molecule has 2 rings (SSSR count). The van der Waals surface area contributed by atoms with E-state index in [1.54, 1.807) is 36.2 Å². The Labute approximate surface area is 213 Å². The summed E-state index contributed by atoms with van der Waals surface area (Å²) < 4.78 is 0. The first-order valence-corrected chi connectivity index (χ1v) is 12.4. The summed E-state index contributed by atoms with van der Waals surface area (Å²) in [4.78, 5) is 49.7. The van der Waals surface area contributed by atoms with Crippen LogP contribution < -0.4 is 15.1 Å². The maximum absolute atomic E-state index is 13.2. The molecule has 36 heavy (non-hydrogen) atoms. The molecule has 194 valence electrons. The molecule has 1 saturated heterocycles. The molecule has 9 heteroatoms. The second kappa shape index (κ2) is 13.4. The second-order valence-electron chi connectivity index (χ2n) is 8.86. The predicted octanol–water partition coefficient (Wildman–Crippen LogP) is 3.86. The largest absolute Gasteiger partial charge is 0.481 e. The number of carboxylic acids is 1. The summed E-state index contributed by atoms with van der Waals surface area (Å²) in [6.45, 7) is 12.1. The Kier molecular flexibility index (Phi) is 10.7. The Morgan fingerprint density at radius 1 is 1.31 bits per heavy atom. The van der Waals surface area contributed by atoms with Gasteiger partial charge in [0.05, 0.1) is 11.6 Å². The monoisotopic (exact) mass is 495 g/mol. The Hall–Kier alpha value is -3.67. The Bertz CT molecular complexity index is 1080. The van der Waals surface area contributed by atoms with Gasteiger partial charge in [0, 0.05) is 37.7 Å². The van der Waals surface area contributed by atoms with Crippen molar-refractivity contribution in [1.82, 2.24) is 10.3 Å². The number of hydrogen-bond acceptors (Lipinski definition) is 6. The minimum Gasteiger partial charge on any atom is -0.481 e. The van der Waals surface area contributed by atoms with Gasteiger partial charge in [-0.05, 0) is 45.7 Å². The van der Waals surface area contributed by atoms with E-state index < -0.39 is 17.7 Å². The molecule has 1 amide bonds. The highest BCUT2D eigenvalue weighted by atomic mass is 16.4. The Balaban J connectivity index is 2.54. The van der Waals surface area contributed by atoms with Crippen LogP contribution in [0, 0.1) is 23.8 Å². The first-order chi connectivity index (χ1) is 17.2. The lowest BCUT2D eigenvalue weighted by molar-refractivity contribution is -0.139. The van der Waals surface area contributed by atoms with Gasteiger partial charge in [-0.15, -0.1) is 0 Å². The molecule has 1 aliphatic rings. The topological polar surface area (TPSA) is 115 Å². The maximum Gasteiger partial charge on any atom is 0.314 e. The number of carbonyl (C=O) groups excluding carboxylic acids is 2. The third kappa shape index (κ3) is 6.94. The number of carboxylic acid groups (broad SMARTS) is 1. The lowest BCUT2D eigenvalue weighted by Gasteiger charge is -2.40. The van der Waals surface area contributed by atoms with Crippen LogP contribution in [0.4, 0.5) is 11.6 Å². The van der Waals surface area contributed by atoms with Crippen LogP contribution in [0.15, 0.2) is 29.4 Å². The summed E-state index contributed by atoms with van der Waals surface area (Å²) >= 11 is 0. The first-order valence-electron chi connectivity index (χ1n) is 12.4. The molecule has 0 saturated carbocycles. The molecule has 2 heterocycles. The number of aromatic nitrogens is 1. The summed E-state index contributed by atoms with van der Waals surface area (Å²) in [7, 11) is 0. The van der Waals surface area contributed by atoms with Gasteiger partial charge in [0.2, 0.25) is 5.91 Å². The molecule has 0 bridgehead atoms. The standard InChI is InChI=1S/C27H37N5O4/c1-7-11-23(33)29-20-16-31(17-20)22-13-12-21(24(34)19(6)27(35)36)26(30-22)32(15-9-3)25(18(5)10-4)28-14-8-2/h8,12-14,18-20H,7,10-11,16-17H2,1-6H3,(H,29,33)(H,35,36)/b14-8-,28-25?. The van der Waals surface area contributed by atoms with Gasteiger partial charge in [-0.25, -0.2) is 14.9 Å². The highest BCUT2D eigenvalue weighted by Crippen LogP contribution is 2.29. The van der Waals surface area contributed by atoms with Crippen molar-refractivity contribution in [3.63, 3.8) is 0 Å². The van der Waals surface area contributed by atoms with Crippen molar-refractivity contribution in [3.8, 4) is 12.0 Å². The summed E-state index contributed by atoms with van der Waals surface area (Å²) in [6, 6.07) is 6.36. The van der Waals surface area contributed by atoms with Crippen molar-refractivity contribution in [2.75, 3.05) is 22.9 Å². The molecule has 9 nitrogen and oxygen atoms in total. The van der Waals surface area contributed by atoms with Crippen molar-refractivity contribution in [2.24, 2.45) is 16.8 Å². The van der Waals surface area contributed by atoms with E-state index in [9.17, 15) is 19.5 Å². The predicted molar refractivity (Wildman–Crippen MR) is 142 cm³/mol.